The van der Waals surface area contributed by atoms with Crippen molar-refractivity contribution < 1.29 is 9.59 Å². The fourth-order valence-corrected chi connectivity index (χ4v) is 0.640. The normalized spacial score (nSPS) is 10.5. The highest BCUT2D eigenvalue weighted by Crippen LogP contribution is 1.90. The van der Waals surface area contributed by atoms with Crippen LogP contribution in [0.3, 0.4) is 0 Å². The lowest BCUT2D eigenvalue weighted by molar-refractivity contribution is -0.121. The van der Waals surface area contributed by atoms with Gasteiger partial charge in [-0.15, -0.1) is 0 Å². The van der Waals surface area contributed by atoms with Crippen molar-refractivity contribution in [2.24, 2.45) is 0 Å². The first-order valence-electron chi connectivity index (χ1n) is 3.84. The van der Waals surface area contributed by atoms with Crippen molar-refractivity contribution in [1.82, 2.24) is 0 Å². The molecule has 0 N–H and O–H groups in total. The highest BCUT2D eigenvalue weighted by Gasteiger charge is 2.01. The third-order valence-electron chi connectivity index (χ3n) is 1.18. The number of allylic oxidation sites excluding steroid dienone is 6. The largest absolute Gasteiger partial charge is 0.294 e. The molecule has 68 valence electrons. The molecule has 0 saturated heterocycles. The van der Waals surface area contributed by atoms with E-state index in [-0.39, 0.29) is 18.0 Å². The van der Waals surface area contributed by atoms with Gasteiger partial charge in [0.25, 0.3) is 0 Å². The summed E-state index contributed by atoms with van der Waals surface area (Å²) in [5.41, 5.74) is 0. The second-order valence-electron chi connectivity index (χ2n) is 2.30. The molecular formula is C11H12O2. The predicted octanol–water partition coefficient (Wildman–Crippen LogP) is 2.00. The highest BCUT2D eigenvalue weighted by molar-refractivity contribution is 6.08. The van der Waals surface area contributed by atoms with Gasteiger partial charge in [0.15, 0.2) is 11.6 Å². The number of rotatable bonds is 6. The molecule has 0 aliphatic heterocycles. The van der Waals surface area contributed by atoms with E-state index in [1.807, 2.05) is 0 Å². The van der Waals surface area contributed by atoms with Gasteiger partial charge in [-0.1, -0.05) is 37.5 Å². The summed E-state index contributed by atoms with van der Waals surface area (Å²) in [6.07, 6.45) is 8.54. The van der Waals surface area contributed by atoms with E-state index in [2.05, 4.69) is 13.2 Å². The van der Waals surface area contributed by atoms with Crippen molar-refractivity contribution in [2.45, 2.75) is 6.42 Å². The zero-order valence-corrected chi connectivity index (χ0v) is 7.40. The Morgan fingerprint density at radius 2 is 1.31 bits per heavy atom. The van der Waals surface area contributed by atoms with Gasteiger partial charge >= 0.3 is 0 Å². The van der Waals surface area contributed by atoms with E-state index in [1.54, 1.807) is 0 Å². The standard InChI is InChI=1S/C11H12O2/c1-3-5-7-10(12)9-11(13)8-6-4-2/h3-8H,1-2,9H2. The van der Waals surface area contributed by atoms with Crippen molar-refractivity contribution in [3.63, 3.8) is 0 Å². The maximum Gasteiger partial charge on any atom is 0.163 e. The Morgan fingerprint density at radius 1 is 0.923 bits per heavy atom. The van der Waals surface area contributed by atoms with Gasteiger partial charge in [0, 0.05) is 0 Å². The van der Waals surface area contributed by atoms with E-state index in [4.69, 9.17) is 0 Å². The van der Waals surface area contributed by atoms with Crippen LogP contribution in [-0.2, 0) is 9.59 Å². The van der Waals surface area contributed by atoms with Gasteiger partial charge in [-0.25, -0.2) is 0 Å². The van der Waals surface area contributed by atoms with E-state index in [0.717, 1.165) is 0 Å². The zero-order valence-electron chi connectivity index (χ0n) is 7.40. The van der Waals surface area contributed by atoms with Crippen LogP contribution in [0.5, 0.6) is 0 Å². The Hall–Kier alpha value is -1.70. The Bertz CT molecular complexity index is 242. The molecule has 0 bridgehead atoms. The van der Waals surface area contributed by atoms with Gasteiger partial charge in [0.1, 0.15) is 0 Å². The highest BCUT2D eigenvalue weighted by atomic mass is 16.1. The molecule has 0 radical (unpaired) electrons. The molecular weight excluding hydrogens is 164 g/mol. The van der Waals surface area contributed by atoms with Gasteiger partial charge < -0.3 is 0 Å². The zero-order chi connectivity index (χ0) is 10.1. The van der Waals surface area contributed by atoms with Gasteiger partial charge in [-0.3, -0.25) is 9.59 Å². The molecule has 0 aromatic heterocycles. The lowest BCUT2D eigenvalue weighted by Crippen LogP contribution is -2.01. The monoisotopic (exact) mass is 176 g/mol. The maximum atomic E-state index is 11.0. The third kappa shape index (κ3) is 6.69. The smallest absolute Gasteiger partial charge is 0.163 e. The van der Waals surface area contributed by atoms with E-state index in [1.165, 1.54) is 36.5 Å². The number of hydrogen-bond acceptors (Lipinski definition) is 2. The maximum absolute atomic E-state index is 11.0. The number of hydrogen-bond donors (Lipinski definition) is 0. The molecule has 0 fully saturated rings. The first-order chi connectivity index (χ1) is 6.20. The van der Waals surface area contributed by atoms with Gasteiger partial charge in [-0.2, -0.15) is 0 Å². The molecule has 0 aromatic carbocycles. The average molecular weight is 176 g/mol. The Morgan fingerprint density at radius 3 is 1.62 bits per heavy atom. The second-order valence-corrected chi connectivity index (χ2v) is 2.30. The van der Waals surface area contributed by atoms with E-state index >= 15 is 0 Å². The lowest BCUT2D eigenvalue weighted by atomic mass is 10.2. The molecule has 0 spiro atoms. The first kappa shape index (κ1) is 11.3. The molecule has 0 saturated carbocycles. The lowest BCUT2D eigenvalue weighted by Gasteiger charge is -1.88. The third-order valence-corrected chi connectivity index (χ3v) is 1.18. The minimum atomic E-state index is -0.224. The van der Waals surface area contributed by atoms with Gasteiger partial charge in [0.2, 0.25) is 0 Å². The fourth-order valence-electron chi connectivity index (χ4n) is 0.640. The van der Waals surface area contributed by atoms with Crippen molar-refractivity contribution >= 4 is 11.6 Å². The Labute approximate surface area is 78.0 Å². The molecule has 0 unspecified atom stereocenters. The van der Waals surface area contributed by atoms with Crippen LogP contribution in [0.2, 0.25) is 0 Å². The van der Waals surface area contributed by atoms with E-state index < -0.39 is 0 Å². The molecule has 2 heteroatoms. The topological polar surface area (TPSA) is 34.1 Å². The summed E-state index contributed by atoms with van der Waals surface area (Å²) in [4.78, 5) is 21.9. The first-order valence-corrected chi connectivity index (χ1v) is 3.84. The molecule has 0 aliphatic carbocycles. The minimum Gasteiger partial charge on any atom is -0.294 e. The van der Waals surface area contributed by atoms with Gasteiger partial charge in [0.05, 0.1) is 6.42 Å². The van der Waals surface area contributed by atoms with Crippen molar-refractivity contribution in [1.29, 1.82) is 0 Å². The average Bonchev–Trinajstić information content (AvgIpc) is 2.11. The van der Waals surface area contributed by atoms with Crippen LogP contribution in [0.15, 0.2) is 49.6 Å². The van der Waals surface area contributed by atoms with Crippen molar-refractivity contribution in [3.05, 3.63) is 49.6 Å². The molecule has 0 atom stereocenters. The molecule has 0 heterocycles. The second kappa shape index (κ2) is 6.98. The van der Waals surface area contributed by atoms with Crippen LogP contribution >= 0.6 is 0 Å². The van der Waals surface area contributed by atoms with Crippen LogP contribution in [0, 0.1) is 0 Å². The molecule has 0 rings (SSSR count). The van der Waals surface area contributed by atoms with Crippen LogP contribution < -0.4 is 0 Å². The molecule has 0 amide bonds. The summed E-state index contributed by atoms with van der Waals surface area (Å²) in [7, 11) is 0. The Kier molecular flexibility index (Phi) is 6.06. The number of carbonyl (C=O) groups excluding carboxylic acids is 2. The fraction of sp³-hybridized carbons (Fsp3) is 0.0909. The summed E-state index contributed by atoms with van der Waals surface area (Å²) in [5.74, 6) is -0.447. The Balaban J connectivity index is 3.98. The summed E-state index contributed by atoms with van der Waals surface area (Å²) < 4.78 is 0. The molecule has 0 aromatic rings. The summed E-state index contributed by atoms with van der Waals surface area (Å²) in [6, 6.07) is 0. The number of carbonyl (C=O) groups is 2. The van der Waals surface area contributed by atoms with Crippen molar-refractivity contribution in [2.75, 3.05) is 0 Å². The van der Waals surface area contributed by atoms with Crippen LogP contribution in [0.4, 0.5) is 0 Å². The minimum absolute atomic E-state index is 0.103. The molecule has 2 nitrogen and oxygen atoms in total. The van der Waals surface area contributed by atoms with E-state index in [0.29, 0.717) is 0 Å². The molecule has 0 aliphatic rings. The summed E-state index contributed by atoms with van der Waals surface area (Å²) in [6.45, 7) is 6.82. The van der Waals surface area contributed by atoms with Crippen LogP contribution in [0.25, 0.3) is 0 Å². The molecule has 13 heavy (non-hydrogen) atoms. The van der Waals surface area contributed by atoms with Crippen molar-refractivity contribution in [3.8, 4) is 0 Å². The number of ketones is 2. The van der Waals surface area contributed by atoms with Crippen LogP contribution in [-0.4, -0.2) is 11.6 Å². The summed E-state index contributed by atoms with van der Waals surface area (Å²) >= 11 is 0. The van der Waals surface area contributed by atoms with E-state index in [9.17, 15) is 9.59 Å². The quantitative estimate of drug-likeness (QED) is 0.352. The summed E-state index contributed by atoms with van der Waals surface area (Å²) in [5, 5.41) is 0. The van der Waals surface area contributed by atoms with Crippen LogP contribution in [0.1, 0.15) is 6.42 Å². The SMILES string of the molecule is C=CC=CC(=O)CC(=O)C=CC=C. The predicted molar refractivity (Wildman–Crippen MR) is 53.3 cm³/mol. The van der Waals surface area contributed by atoms with Gasteiger partial charge in [-0.05, 0) is 12.2 Å².